The van der Waals surface area contributed by atoms with Gasteiger partial charge in [-0.05, 0) is 12.1 Å². The monoisotopic (exact) mass is 111 g/mol. The zero-order chi connectivity index (χ0) is 6.57. The first kappa shape index (κ1) is 7.28. The lowest BCUT2D eigenvalue weighted by Gasteiger charge is -2.06. The van der Waals surface area contributed by atoms with Crippen LogP contribution in [0.25, 0.3) is 0 Å². The molecule has 0 amide bonds. The van der Waals surface area contributed by atoms with E-state index in [4.69, 9.17) is 0 Å². The van der Waals surface area contributed by atoms with E-state index >= 15 is 0 Å². The van der Waals surface area contributed by atoms with Gasteiger partial charge in [0, 0.05) is 5.70 Å². The van der Waals surface area contributed by atoms with Gasteiger partial charge in [-0.2, -0.15) is 0 Å². The van der Waals surface area contributed by atoms with Gasteiger partial charge in [-0.3, -0.25) is 0 Å². The van der Waals surface area contributed by atoms with E-state index in [0.29, 0.717) is 5.92 Å². The third-order valence-electron chi connectivity index (χ3n) is 0.984. The molecule has 0 aliphatic heterocycles. The van der Waals surface area contributed by atoms with Crippen molar-refractivity contribution in [1.82, 2.24) is 5.32 Å². The average molecular weight is 111 g/mol. The Labute approximate surface area is 51.1 Å². The molecule has 0 heterocycles. The molecule has 46 valence electrons. The van der Waals surface area contributed by atoms with E-state index in [1.165, 1.54) is 0 Å². The van der Waals surface area contributed by atoms with E-state index in [1.54, 1.807) is 6.20 Å². The first-order chi connectivity index (χ1) is 3.68. The number of hydrogen-bond donors (Lipinski definition) is 1. The zero-order valence-electron chi connectivity index (χ0n) is 5.57. The Bertz CT molecular complexity index is 92.6. The Kier molecular flexibility index (Phi) is 3.01. The minimum atomic E-state index is 0.494. The summed E-state index contributed by atoms with van der Waals surface area (Å²) in [5.74, 6) is 0.494. The third kappa shape index (κ3) is 2.45. The number of allylic oxidation sites excluding steroid dienone is 1. The second-order valence-electron chi connectivity index (χ2n) is 2.03. The van der Waals surface area contributed by atoms with Crippen LogP contribution in [0.5, 0.6) is 0 Å². The minimum absolute atomic E-state index is 0.494. The highest BCUT2D eigenvalue weighted by atomic mass is 14.8. The zero-order valence-corrected chi connectivity index (χ0v) is 5.57. The highest BCUT2D eigenvalue weighted by molar-refractivity contribution is 4.97. The average Bonchev–Trinajstić information content (AvgIpc) is 1.67. The Morgan fingerprint density at radius 3 is 2.25 bits per heavy atom. The SMILES string of the molecule is C=CNC(=C)C(C)C. The van der Waals surface area contributed by atoms with Gasteiger partial charge in [-0.1, -0.05) is 27.0 Å². The van der Waals surface area contributed by atoms with Crippen LogP contribution in [0.4, 0.5) is 0 Å². The maximum atomic E-state index is 3.76. The van der Waals surface area contributed by atoms with Gasteiger partial charge in [0.2, 0.25) is 0 Å². The van der Waals surface area contributed by atoms with E-state index in [-0.39, 0.29) is 0 Å². The van der Waals surface area contributed by atoms with Crippen LogP contribution in [0.1, 0.15) is 13.8 Å². The van der Waals surface area contributed by atoms with E-state index in [9.17, 15) is 0 Å². The summed E-state index contributed by atoms with van der Waals surface area (Å²) in [6.45, 7) is 11.4. The largest absolute Gasteiger partial charge is 0.366 e. The van der Waals surface area contributed by atoms with Crippen molar-refractivity contribution in [1.29, 1.82) is 0 Å². The molecule has 0 aliphatic carbocycles. The summed E-state index contributed by atoms with van der Waals surface area (Å²) in [6.07, 6.45) is 1.64. The molecular weight excluding hydrogens is 98.1 g/mol. The van der Waals surface area contributed by atoms with E-state index < -0.39 is 0 Å². The van der Waals surface area contributed by atoms with Crippen molar-refractivity contribution >= 4 is 0 Å². The first-order valence-corrected chi connectivity index (χ1v) is 2.74. The first-order valence-electron chi connectivity index (χ1n) is 2.74. The minimum Gasteiger partial charge on any atom is -0.366 e. The fourth-order valence-corrected chi connectivity index (χ4v) is 0.298. The number of nitrogens with one attached hydrogen (secondary N) is 1. The predicted molar refractivity (Wildman–Crippen MR) is 37.3 cm³/mol. The Balaban J connectivity index is 3.48. The topological polar surface area (TPSA) is 12.0 Å². The van der Waals surface area contributed by atoms with Gasteiger partial charge in [0.25, 0.3) is 0 Å². The van der Waals surface area contributed by atoms with Gasteiger partial charge in [0.1, 0.15) is 0 Å². The highest BCUT2D eigenvalue weighted by Gasteiger charge is 1.93. The van der Waals surface area contributed by atoms with Gasteiger partial charge >= 0.3 is 0 Å². The van der Waals surface area contributed by atoms with Crippen molar-refractivity contribution in [2.24, 2.45) is 5.92 Å². The van der Waals surface area contributed by atoms with Gasteiger partial charge < -0.3 is 5.32 Å². The molecule has 0 radical (unpaired) electrons. The van der Waals surface area contributed by atoms with Crippen LogP contribution < -0.4 is 5.32 Å². The van der Waals surface area contributed by atoms with Crippen LogP contribution in [0.2, 0.25) is 0 Å². The van der Waals surface area contributed by atoms with Crippen LogP contribution in [0.15, 0.2) is 25.1 Å². The molecule has 0 aromatic carbocycles. The maximum Gasteiger partial charge on any atom is 0.00990 e. The molecule has 0 aromatic rings. The fraction of sp³-hybridized carbons (Fsp3) is 0.429. The van der Waals surface area contributed by atoms with Crippen molar-refractivity contribution in [3.63, 3.8) is 0 Å². The smallest absolute Gasteiger partial charge is 0.00990 e. The second-order valence-corrected chi connectivity index (χ2v) is 2.03. The van der Waals surface area contributed by atoms with Crippen molar-refractivity contribution in [2.45, 2.75) is 13.8 Å². The molecule has 0 saturated carbocycles. The lowest BCUT2D eigenvalue weighted by molar-refractivity contribution is 0.719. The molecule has 0 unspecified atom stereocenters. The van der Waals surface area contributed by atoms with Crippen molar-refractivity contribution in [3.8, 4) is 0 Å². The lowest BCUT2D eigenvalue weighted by atomic mass is 10.2. The Morgan fingerprint density at radius 2 is 2.12 bits per heavy atom. The standard InChI is InChI=1S/C7H13N/c1-5-8-7(4)6(2)3/h5-6,8H,1,4H2,2-3H3. The van der Waals surface area contributed by atoms with E-state index in [1.807, 2.05) is 0 Å². The molecule has 0 bridgehead atoms. The molecule has 0 aliphatic rings. The summed E-state index contributed by atoms with van der Waals surface area (Å²) in [5, 5.41) is 2.91. The summed E-state index contributed by atoms with van der Waals surface area (Å²) in [5.41, 5.74) is 1.01. The van der Waals surface area contributed by atoms with Crippen molar-refractivity contribution in [2.75, 3.05) is 0 Å². The molecule has 1 nitrogen and oxygen atoms in total. The van der Waals surface area contributed by atoms with Crippen LogP contribution in [0, 0.1) is 5.92 Å². The molecule has 0 saturated heterocycles. The molecule has 0 atom stereocenters. The normalized spacial score (nSPS) is 8.88. The summed E-state index contributed by atoms with van der Waals surface area (Å²) in [6, 6.07) is 0. The van der Waals surface area contributed by atoms with Gasteiger partial charge in [-0.25, -0.2) is 0 Å². The molecule has 1 heteroatoms. The maximum absolute atomic E-state index is 3.76. The van der Waals surface area contributed by atoms with Gasteiger partial charge in [-0.15, -0.1) is 0 Å². The molecular formula is C7H13N. The lowest BCUT2D eigenvalue weighted by Crippen LogP contribution is -2.07. The Hall–Kier alpha value is -0.720. The molecule has 0 spiro atoms. The highest BCUT2D eigenvalue weighted by Crippen LogP contribution is 2.00. The van der Waals surface area contributed by atoms with Gasteiger partial charge in [0.15, 0.2) is 0 Å². The number of rotatable bonds is 3. The summed E-state index contributed by atoms with van der Waals surface area (Å²) < 4.78 is 0. The summed E-state index contributed by atoms with van der Waals surface area (Å²) >= 11 is 0. The van der Waals surface area contributed by atoms with Crippen molar-refractivity contribution in [3.05, 3.63) is 25.1 Å². The molecule has 1 N–H and O–H groups in total. The predicted octanol–water partition coefficient (Wildman–Crippen LogP) is 1.89. The number of hydrogen-bond acceptors (Lipinski definition) is 1. The van der Waals surface area contributed by atoms with Gasteiger partial charge in [0.05, 0.1) is 0 Å². The fourth-order valence-electron chi connectivity index (χ4n) is 0.298. The second kappa shape index (κ2) is 3.30. The Morgan fingerprint density at radius 1 is 1.62 bits per heavy atom. The third-order valence-corrected chi connectivity index (χ3v) is 0.984. The molecule has 0 rings (SSSR count). The summed E-state index contributed by atoms with van der Waals surface area (Å²) in [7, 11) is 0. The molecule has 0 aromatic heterocycles. The van der Waals surface area contributed by atoms with E-state index in [0.717, 1.165) is 5.70 Å². The van der Waals surface area contributed by atoms with E-state index in [2.05, 4.69) is 32.3 Å². The molecule has 0 fully saturated rings. The summed E-state index contributed by atoms with van der Waals surface area (Å²) in [4.78, 5) is 0. The van der Waals surface area contributed by atoms with Crippen molar-refractivity contribution < 1.29 is 0 Å². The van der Waals surface area contributed by atoms with Crippen LogP contribution in [-0.4, -0.2) is 0 Å². The van der Waals surface area contributed by atoms with Crippen LogP contribution >= 0.6 is 0 Å². The molecule has 8 heavy (non-hydrogen) atoms. The quantitative estimate of drug-likeness (QED) is 0.586. The van der Waals surface area contributed by atoms with Crippen LogP contribution in [-0.2, 0) is 0 Å². The van der Waals surface area contributed by atoms with Crippen LogP contribution in [0.3, 0.4) is 0 Å².